The number of aromatic nitrogens is 2. The standard InChI is InChI=1S/C25H29ClN4O4S/c1-25(2,3)19-8-6-17(7-9-19)23-28-22(34-29-23)15-27-24(31)18-5-4-14-30(16-18)35(32,33)21-12-10-20(26)11-13-21/h6-13,18H,4-5,14-16H2,1-3H3,(H,27,31)/t18-/m0/s1. The van der Waals surface area contributed by atoms with Gasteiger partial charge in [-0.25, -0.2) is 8.42 Å². The molecule has 35 heavy (non-hydrogen) atoms. The van der Waals surface area contributed by atoms with Gasteiger partial charge in [-0.3, -0.25) is 4.79 Å². The summed E-state index contributed by atoms with van der Waals surface area (Å²) in [7, 11) is -3.70. The second kappa shape index (κ2) is 10.1. The summed E-state index contributed by atoms with van der Waals surface area (Å²) in [6, 6.07) is 14.0. The van der Waals surface area contributed by atoms with E-state index in [1.165, 1.54) is 22.0 Å². The van der Waals surface area contributed by atoms with E-state index in [1.54, 1.807) is 12.1 Å². The monoisotopic (exact) mass is 516 g/mol. The Bertz CT molecular complexity index is 1280. The lowest BCUT2D eigenvalue weighted by atomic mass is 9.87. The first-order chi connectivity index (χ1) is 16.5. The summed E-state index contributed by atoms with van der Waals surface area (Å²) in [5.41, 5.74) is 2.08. The van der Waals surface area contributed by atoms with E-state index in [0.29, 0.717) is 30.2 Å². The molecule has 2 heterocycles. The maximum atomic E-state index is 13.0. The van der Waals surface area contributed by atoms with E-state index < -0.39 is 15.9 Å². The first-order valence-electron chi connectivity index (χ1n) is 11.5. The third-order valence-electron chi connectivity index (χ3n) is 6.10. The topological polar surface area (TPSA) is 105 Å². The van der Waals surface area contributed by atoms with Gasteiger partial charge in [-0.05, 0) is 48.1 Å². The molecule has 10 heteroatoms. The van der Waals surface area contributed by atoms with Crippen molar-refractivity contribution in [2.24, 2.45) is 5.92 Å². The molecule has 0 saturated carbocycles. The number of hydrogen-bond donors (Lipinski definition) is 1. The Balaban J connectivity index is 1.36. The lowest BCUT2D eigenvalue weighted by molar-refractivity contribution is -0.126. The molecule has 1 saturated heterocycles. The second-order valence-corrected chi connectivity index (χ2v) is 12.1. The molecular weight excluding hydrogens is 488 g/mol. The van der Waals surface area contributed by atoms with Crippen LogP contribution < -0.4 is 5.32 Å². The number of nitrogens with zero attached hydrogens (tertiary/aromatic N) is 3. The highest BCUT2D eigenvalue weighted by atomic mass is 35.5. The van der Waals surface area contributed by atoms with Crippen molar-refractivity contribution < 1.29 is 17.7 Å². The van der Waals surface area contributed by atoms with Crippen LogP contribution in [0.1, 0.15) is 45.1 Å². The van der Waals surface area contributed by atoms with Gasteiger partial charge in [-0.2, -0.15) is 9.29 Å². The van der Waals surface area contributed by atoms with Crippen molar-refractivity contribution in [3.63, 3.8) is 0 Å². The number of halogens is 1. The molecule has 0 spiro atoms. The Hall–Kier alpha value is -2.75. The Kier molecular flexibility index (Phi) is 7.30. The van der Waals surface area contributed by atoms with Crippen LogP contribution in [0.25, 0.3) is 11.4 Å². The fourth-order valence-electron chi connectivity index (χ4n) is 4.00. The summed E-state index contributed by atoms with van der Waals surface area (Å²) in [6.45, 7) is 7.01. The van der Waals surface area contributed by atoms with Gasteiger partial charge in [0.2, 0.25) is 27.6 Å². The van der Waals surface area contributed by atoms with E-state index in [1.807, 2.05) is 24.3 Å². The van der Waals surface area contributed by atoms with Crippen LogP contribution in [0.15, 0.2) is 57.9 Å². The average Bonchev–Trinajstić information content (AvgIpc) is 3.31. The van der Waals surface area contributed by atoms with Crippen LogP contribution in [-0.2, 0) is 26.8 Å². The van der Waals surface area contributed by atoms with E-state index in [4.69, 9.17) is 16.1 Å². The van der Waals surface area contributed by atoms with Crippen molar-refractivity contribution in [2.75, 3.05) is 13.1 Å². The highest BCUT2D eigenvalue weighted by molar-refractivity contribution is 7.89. The quantitative estimate of drug-likeness (QED) is 0.520. The molecule has 0 bridgehead atoms. The molecule has 1 amide bonds. The molecule has 3 aromatic rings. The smallest absolute Gasteiger partial charge is 0.246 e. The van der Waals surface area contributed by atoms with E-state index in [2.05, 4.69) is 36.2 Å². The van der Waals surface area contributed by atoms with Gasteiger partial charge in [0, 0.05) is 23.7 Å². The molecule has 1 atom stereocenters. The van der Waals surface area contributed by atoms with Gasteiger partial charge in [0.05, 0.1) is 17.4 Å². The molecule has 1 N–H and O–H groups in total. The van der Waals surface area contributed by atoms with Gasteiger partial charge in [-0.1, -0.05) is 61.8 Å². The van der Waals surface area contributed by atoms with Crippen LogP contribution in [0.3, 0.4) is 0 Å². The third-order valence-corrected chi connectivity index (χ3v) is 8.23. The summed E-state index contributed by atoms with van der Waals surface area (Å²) >= 11 is 5.88. The maximum Gasteiger partial charge on any atom is 0.246 e. The van der Waals surface area contributed by atoms with Crippen molar-refractivity contribution in [1.82, 2.24) is 19.8 Å². The van der Waals surface area contributed by atoms with Crippen LogP contribution in [-0.4, -0.2) is 41.9 Å². The van der Waals surface area contributed by atoms with Crippen LogP contribution in [0.4, 0.5) is 0 Å². The molecule has 0 aliphatic carbocycles. The van der Waals surface area contributed by atoms with Gasteiger partial charge in [-0.15, -0.1) is 0 Å². The molecule has 1 aliphatic rings. The molecule has 2 aromatic carbocycles. The van der Waals surface area contributed by atoms with E-state index in [0.717, 1.165) is 5.56 Å². The minimum atomic E-state index is -3.70. The predicted molar refractivity (Wildman–Crippen MR) is 133 cm³/mol. The molecule has 1 aromatic heterocycles. The Morgan fingerprint density at radius 2 is 1.83 bits per heavy atom. The SMILES string of the molecule is CC(C)(C)c1ccc(-c2noc(CNC(=O)[C@H]3CCCN(S(=O)(=O)c4ccc(Cl)cc4)C3)n2)cc1. The van der Waals surface area contributed by atoms with Crippen LogP contribution in [0.5, 0.6) is 0 Å². The number of amides is 1. The van der Waals surface area contributed by atoms with Crippen LogP contribution in [0.2, 0.25) is 5.02 Å². The largest absolute Gasteiger partial charge is 0.347 e. The third kappa shape index (κ3) is 5.91. The second-order valence-electron chi connectivity index (χ2n) is 9.71. The van der Waals surface area contributed by atoms with Gasteiger partial charge >= 0.3 is 0 Å². The van der Waals surface area contributed by atoms with Crippen molar-refractivity contribution >= 4 is 27.5 Å². The summed E-state index contributed by atoms with van der Waals surface area (Å²) in [4.78, 5) is 17.3. The predicted octanol–water partition coefficient (Wildman–Crippen LogP) is 4.40. The zero-order chi connectivity index (χ0) is 25.2. The zero-order valence-corrected chi connectivity index (χ0v) is 21.6. The molecule has 1 fully saturated rings. The van der Waals surface area contributed by atoms with Crippen molar-refractivity contribution in [2.45, 2.75) is 50.5 Å². The molecule has 0 radical (unpaired) electrons. The van der Waals surface area contributed by atoms with E-state index in [9.17, 15) is 13.2 Å². The fraction of sp³-hybridized carbons (Fsp3) is 0.400. The molecule has 0 unspecified atom stereocenters. The van der Waals surface area contributed by atoms with Gasteiger partial charge in [0.15, 0.2) is 0 Å². The van der Waals surface area contributed by atoms with Gasteiger partial charge in [0.1, 0.15) is 0 Å². The number of nitrogens with one attached hydrogen (secondary N) is 1. The van der Waals surface area contributed by atoms with Crippen LogP contribution >= 0.6 is 11.6 Å². The van der Waals surface area contributed by atoms with Gasteiger partial charge < -0.3 is 9.84 Å². The van der Waals surface area contributed by atoms with Crippen molar-refractivity contribution in [3.05, 3.63) is 65.0 Å². The minimum absolute atomic E-state index is 0.0497. The number of benzene rings is 2. The maximum absolute atomic E-state index is 13.0. The number of carbonyl (C=O) groups is 1. The number of hydrogen-bond acceptors (Lipinski definition) is 6. The normalized spacial score (nSPS) is 17.3. The number of rotatable bonds is 6. The summed E-state index contributed by atoms with van der Waals surface area (Å²) < 4.78 is 32.6. The molecular formula is C25H29ClN4O4S. The minimum Gasteiger partial charge on any atom is -0.347 e. The highest BCUT2D eigenvalue weighted by Gasteiger charge is 2.33. The fourth-order valence-corrected chi connectivity index (χ4v) is 5.65. The Morgan fingerprint density at radius 1 is 1.14 bits per heavy atom. The average molecular weight is 517 g/mol. The number of carbonyl (C=O) groups excluding carboxylic acids is 1. The van der Waals surface area contributed by atoms with E-state index >= 15 is 0 Å². The molecule has 1 aliphatic heterocycles. The summed E-state index contributed by atoms with van der Waals surface area (Å²) in [6.07, 6.45) is 1.20. The molecule has 4 rings (SSSR count). The molecule has 8 nitrogen and oxygen atoms in total. The lowest BCUT2D eigenvalue weighted by Crippen LogP contribution is -2.45. The summed E-state index contributed by atoms with van der Waals surface area (Å²) in [5, 5.41) is 7.29. The number of sulfonamides is 1. The highest BCUT2D eigenvalue weighted by Crippen LogP contribution is 2.26. The van der Waals surface area contributed by atoms with Crippen molar-refractivity contribution in [1.29, 1.82) is 0 Å². The first kappa shape index (κ1) is 25.3. The lowest BCUT2D eigenvalue weighted by Gasteiger charge is -2.31. The zero-order valence-electron chi connectivity index (χ0n) is 20.0. The van der Waals surface area contributed by atoms with E-state index in [-0.39, 0.29) is 35.2 Å². The summed E-state index contributed by atoms with van der Waals surface area (Å²) in [5.74, 6) is 0.0377. The Morgan fingerprint density at radius 3 is 2.49 bits per heavy atom. The Labute approximate surface area is 210 Å². The van der Waals surface area contributed by atoms with Gasteiger partial charge in [0.25, 0.3) is 0 Å². The first-order valence-corrected chi connectivity index (χ1v) is 13.3. The molecule has 186 valence electrons. The number of piperidine rings is 1. The van der Waals surface area contributed by atoms with Crippen LogP contribution in [0, 0.1) is 5.92 Å². The van der Waals surface area contributed by atoms with Crippen molar-refractivity contribution in [3.8, 4) is 11.4 Å².